The summed E-state index contributed by atoms with van der Waals surface area (Å²) in [6.07, 6.45) is 0. The molecule has 0 aliphatic heterocycles. The second-order valence-electron chi connectivity index (χ2n) is 5.70. The van der Waals surface area contributed by atoms with Gasteiger partial charge in [-0.05, 0) is 42.3 Å². The number of rotatable bonds is 5. The zero-order valence-electron chi connectivity index (χ0n) is 14.0. The van der Waals surface area contributed by atoms with Gasteiger partial charge in [-0.25, -0.2) is 17.1 Å². The Labute approximate surface area is 151 Å². The number of carbonyl (C=O) groups excluding carboxylic acids is 1. The van der Waals surface area contributed by atoms with Gasteiger partial charge in [0.25, 0.3) is 5.91 Å². The summed E-state index contributed by atoms with van der Waals surface area (Å²) in [5.41, 5.74) is 1.14. The van der Waals surface area contributed by atoms with Crippen LogP contribution in [-0.4, -0.2) is 32.7 Å². The van der Waals surface area contributed by atoms with Crippen LogP contribution in [0.15, 0.2) is 41.3 Å². The summed E-state index contributed by atoms with van der Waals surface area (Å²) in [5, 5.41) is 2.74. The molecule has 2 rings (SSSR count). The van der Waals surface area contributed by atoms with E-state index in [2.05, 4.69) is 5.32 Å². The van der Waals surface area contributed by atoms with E-state index in [4.69, 9.17) is 11.6 Å². The third-order valence-electron chi connectivity index (χ3n) is 3.65. The van der Waals surface area contributed by atoms with Gasteiger partial charge in [0.05, 0.1) is 15.5 Å². The average molecular weight is 385 g/mol. The molecule has 0 aliphatic carbocycles. The highest BCUT2D eigenvalue weighted by molar-refractivity contribution is 7.89. The van der Waals surface area contributed by atoms with Gasteiger partial charge in [0.2, 0.25) is 10.0 Å². The fraction of sp³-hybridized carbons (Fsp3) is 0.235. The summed E-state index contributed by atoms with van der Waals surface area (Å²) >= 11 is 6.02. The molecule has 2 aromatic carbocycles. The van der Waals surface area contributed by atoms with Gasteiger partial charge in [0.1, 0.15) is 5.82 Å². The molecule has 1 amide bonds. The molecule has 0 saturated heterocycles. The first-order valence-electron chi connectivity index (χ1n) is 7.38. The lowest BCUT2D eigenvalue weighted by Gasteiger charge is -2.13. The number of halogens is 2. The molecule has 0 aliphatic rings. The van der Waals surface area contributed by atoms with Gasteiger partial charge in [0, 0.05) is 20.6 Å². The van der Waals surface area contributed by atoms with Gasteiger partial charge in [-0.2, -0.15) is 0 Å². The van der Waals surface area contributed by atoms with Gasteiger partial charge in [-0.15, -0.1) is 0 Å². The van der Waals surface area contributed by atoms with E-state index in [1.165, 1.54) is 38.4 Å². The summed E-state index contributed by atoms with van der Waals surface area (Å²) in [5.74, 6) is -0.898. The van der Waals surface area contributed by atoms with Gasteiger partial charge >= 0.3 is 0 Å². The zero-order chi connectivity index (χ0) is 18.8. The summed E-state index contributed by atoms with van der Waals surface area (Å²) in [6.45, 7) is 1.74. The van der Waals surface area contributed by atoms with Crippen molar-refractivity contribution in [3.05, 3.63) is 63.9 Å². The highest BCUT2D eigenvalue weighted by Crippen LogP contribution is 2.22. The topological polar surface area (TPSA) is 66.5 Å². The molecule has 2 aromatic rings. The molecule has 134 valence electrons. The highest BCUT2D eigenvalue weighted by Gasteiger charge is 2.20. The van der Waals surface area contributed by atoms with Crippen molar-refractivity contribution < 1.29 is 17.6 Å². The summed E-state index contributed by atoms with van der Waals surface area (Å²) in [6, 6.07) is 8.58. The van der Waals surface area contributed by atoms with E-state index in [9.17, 15) is 17.6 Å². The Morgan fingerprint density at radius 2 is 1.88 bits per heavy atom. The standard InChI is InChI=1S/C17H18ClFN2O3S/c1-11-4-5-12(8-16(11)19)10-20-17(22)14-9-13(6-7-15(14)18)25(23,24)21(2)3/h4-9H,10H2,1-3H3,(H,20,22). The largest absolute Gasteiger partial charge is 0.348 e. The first-order chi connectivity index (χ1) is 11.6. The van der Waals surface area contributed by atoms with E-state index in [1.807, 2.05) is 0 Å². The molecule has 5 nitrogen and oxygen atoms in total. The third-order valence-corrected chi connectivity index (χ3v) is 5.79. The number of nitrogens with zero attached hydrogens (tertiary/aromatic N) is 1. The maximum atomic E-state index is 13.5. The van der Waals surface area contributed by atoms with E-state index in [0.29, 0.717) is 11.1 Å². The van der Waals surface area contributed by atoms with Crippen LogP contribution in [0.3, 0.4) is 0 Å². The number of hydrogen-bond acceptors (Lipinski definition) is 3. The second kappa shape index (κ2) is 7.51. The van der Waals surface area contributed by atoms with Crippen LogP contribution in [0, 0.1) is 12.7 Å². The minimum atomic E-state index is -3.68. The Kier molecular flexibility index (Phi) is 5.82. The van der Waals surface area contributed by atoms with Gasteiger partial charge in [0.15, 0.2) is 0 Å². The average Bonchev–Trinajstić information content (AvgIpc) is 2.55. The van der Waals surface area contributed by atoms with Gasteiger partial charge in [-0.1, -0.05) is 23.7 Å². The SMILES string of the molecule is Cc1ccc(CNC(=O)c2cc(S(=O)(=O)N(C)C)ccc2Cl)cc1F. The molecule has 0 fully saturated rings. The third kappa shape index (κ3) is 4.36. The van der Waals surface area contributed by atoms with Crippen molar-refractivity contribution in [2.24, 2.45) is 0 Å². The summed E-state index contributed by atoms with van der Waals surface area (Å²) in [4.78, 5) is 12.3. The molecular weight excluding hydrogens is 367 g/mol. The van der Waals surface area contributed by atoms with Crippen molar-refractivity contribution in [3.8, 4) is 0 Å². The summed E-state index contributed by atoms with van der Waals surface area (Å²) in [7, 11) is -0.885. The number of hydrogen-bond donors (Lipinski definition) is 1. The number of benzene rings is 2. The number of aryl methyl sites for hydroxylation is 1. The van der Waals surface area contributed by atoms with Crippen LogP contribution in [0.1, 0.15) is 21.5 Å². The van der Waals surface area contributed by atoms with Crippen molar-refractivity contribution in [3.63, 3.8) is 0 Å². The maximum absolute atomic E-state index is 13.5. The number of amides is 1. The molecular formula is C17H18ClFN2O3S. The first-order valence-corrected chi connectivity index (χ1v) is 9.20. The molecule has 0 atom stereocenters. The Morgan fingerprint density at radius 3 is 2.48 bits per heavy atom. The van der Waals surface area contributed by atoms with Crippen molar-refractivity contribution in [1.29, 1.82) is 0 Å². The lowest BCUT2D eigenvalue weighted by molar-refractivity contribution is 0.0951. The predicted octanol–water partition coefficient (Wildman–Crippen LogP) is 2.97. The fourth-order valence-electron chi connectivity index (χ4n) is 2.07. The molecule has 0 saturated carbocycles. The minimum absolute atomic E-state index is 0.0339. The van der Waals surface area contributed by atoms with Crippen molar-refractivity contribution in [2.75, 3.05) is 14.1 Å². The monoisotopic (exact) mass is 384 g/mol. The Balaban J connectivity index is 2.22. The molecule has 25 heavy (non-hydrogen) atoms. The van der Waals surface area contributed by atoms with Crippen molar-refractivity contribution >= 4 is 27.5 Å². The minimum Gasteiger partial charge on any atom is -0.348 e. The molecule has 1 N–H and O–H groups in total. The van der Waals surface area contributed by atoms with Crippen LogP contribution in [-0.2, 0) is 16.6 Å². The van der Waals surface area contributed by atoms with Crippen LogP contribution < -0.4 is 5.32 Å². The van der Waals surface area contributed by atoms with Gasteiger partial charge in [-0.3, -0.25) is 4.79 Å². The van der Waals surface area contributed by atoms with E-state index in [-0.39, 0.29) is 27.8 Å². The van der Waals surface area contributed by atoms with Crippen molar-refractivity contribution in [1.82, 2.24) is 9.62 Å². The molecule has 8 heteroatoms. The van der Waals surface area contributed by atoms with Gasteiger partial charge < -0.3 is 5.32 Å². The highest BCUT2D eigenvalue weighted by atomic mass is 35.5. The Bertz CT molecular complexity index is 914. The number of sulfonamides is 1. The van der Waals surface area contributed by atoms with E-state index in [1.54, 1.807) is 19.1 Å². The zero-order valence-corrected chi connectivity index (χ0v) is 15.6. The van der Waals surface area contributed by atoms with Crippen LogP contribution in [0.5, 0.6) is 0 Å². The number of nitrogens with one attached hydrogen (secondary N) is 1. The molecule has 0 spiro atoms. The molecule has 0 radical (unpaired) electrons. The second-order valence-corrected chi connectivity index (χ2v) is 8.25. The fourth-order valence-corrected chi connectivity index (χ4v) is 3.21. The molecule has 0 aromatic heterocycles. The summed E-state index contributed by atoms with van der Waals surface area (Å²) < 4.78 is 38.9. The lowest BCUT2D eigenvalue weighted by atomic mass is 10.1. The Morgan fingerprint density at radius 1 is 1.20 bits per heavy atom. The van der Waals surface area contributed by atoms with E-state index >= 15 is 0 Å². The van der Waals surface area contributed by atoms with Crippen LogP contribution in [0.25, 0.3) is 0 Å². The van der Waals surface area contributed by atoms with Crippen LogP contribution >= 0.6 is 11.6 Å². The molecule has 0 unspecified atom stereocenters. The Hall–Kier alpha value is -1.96. The maximum Gasteiger partial charge on any atom is 0.253 e. The lowest BCUT2D eigenvalue weighted by Crippen LogP contribution is -2.25. The van der Waals surface area contributed by atoms with Crippen LogP contribution in [0.4, 0.5) is 4.39 Å². The van der Waals surface area contributed by atoms with E-state index < -0.39 is 15.9 Å². The smallest absolute Gasteiger partial charge is 0.253 e. The normalized spacial score (nSPS) is 11.6. The number of carbonyl (C=O) groups is 1. The van der Waals surface area contributed by atoms with E-state index in [0.717, 1.165) is 4.31 Å². The quantitative estimate of drug-likeness (QED) is 0.861. The predicted molar refractivity (Wildman–Crippen MR) is 94.6 cm³/mol. The first kappa shape index (κ1) is 19.4. The van der Waals surface area contributed by atoms with Crippen molar-refractivity contribution in [2.45, 2.75) is 18.4 Å². The molecule has 0 bridgehead atoms. The molecule has 0 heterocycles. The van der Waals surface area contributed by atoms with Crippen LogP contribution in [0.2, 0.25) is 5.02 Å².